The molecule has 0 spiro atoms. The molecule has 0 aliphatic carbocycles. The highest BCUT2D eigenvalue weighted by Crippen LogP contribution is 2.18. The first-order valence-electron chi connectivity index (χ1n) is 5.56. The Balaban J connectivity index is 2.74. The average Bonchev–Trinajstić information content (AvgIpc) is 2.26. The summed E-state index contributed by atoms with van der Waals surface area (Å²) in [5.41, 5.74) is 5.11. The minimum absolute atomic E-state index is 0.0650. The zero-order valence-electron chi connectivity index (χ0n) is 10.4. The number of aliphatic carboxylic acids is 1. The third-order valence-corrected chi connectivity index (χ3v) is 2.47. The maximum absolute atomic E-state index is 11.0. The number of carboxylic acids is 1. The predicted octanol–water partition coefficient (Wildman–Crippen LogP) is 1.24. The van der Waals surface area contributed by atoms with Crippen molar-refractivity contribution < 1.29 is 14.7 Å². The van der Waals surface area contributed by atoms with E-state index in [4.69, 9.17) is 10.8 Å². The van der Waals surface area contributed by atoms with Crippen LogP contribution in [0.25, 0.3) is 0 Å². The van der Waals surface area contributed by atoms with Crippen LogP contribution in [0.2, 0.25) is 0 Å². The van der Waals surface area contributed by atoms with Gasteiger partial charge in [-0.1, -0.05) is 0 Å². The number of carbonyl (C=O) groups is 2. The summed E-state index contributed by atoms with van der Waals surface area (Å²) < 4.78 is 0. The number of primary amides is 1. The van der Waals surface area contributed by atoms with Crippen LogP contribution in [0, 0.1) is 0 Å². The number of nitrogens with zero attached hydrogens (tertiary/aromatic N) is 1. The number of hydrogen-bond donors (Lipinski definition) is 3. The molecule has 18 heavy (non-hydrogen) atoms. The van der Waals surface area contributed by atoms with E-state index in [1.807, 2.05) is 13.8 Å². The molecule has 0 unspecified atom stereocenters. The number of carboxylic acid groups (broad SMARTS) is 1. The molecule has 0 bridgehead atoms. The fourth-order valence-corrected chi connectivity index (χ4v) is 1.48. The van der Waals surface area contributed by atoms with E-state index in [-0.39, 0.29) is 6.42 Å². The summed E-state index contributed by atoms with van der Waals surface area (Å²) in [6.45, 7) is 3.74. The second-order valence-electron chi connectivity index (χ2n) is 4.70. The Morgan fingerprint density at radius 3 is 2.72 bits per heavy atom. The number of aromatic nitrogens is 1. The lowest BCUT2D eigenvalue weighted by atomic mass is 9.98. The molecule has 1 amide bonds. The highest BCUT2D eigenvalue weighted by Gasteiger charge is 2.19. The van der Waals surface area contributed by atoms with Crippen molar-refractivity contribution in [1.82, 2.24) is 4.98 Å². The van der Waals surface area contributed by atoms with E-state index in [9.17, 15) is 9.59 Å². The number of nitrogens with two attached hydrogens (primary N) is 1. The van der Waals surface area contributed by atoms with Crippen molar-refractivity contribution in [2.45, 2.75) is 32.2 Å². The fourth-order valence-electron chi connectivity index (χ4n) is 1.48. The van der Waals surface area contributed by atoms with Crippen LogP contribution in [0.15, 0.2) is 18.3 Å². The van der Waals surface area contributed by atoms with E-state index in [2.05, 4.69) is 10.3 Å². The number of rotatable bonds is 6. The molecule has 0 aliphatic rings. The molecule has 0 aromatic carbocycles. The van der Waals surface area contributed by atoms with E-state index >= 15 is 0 Å². The number of pyridine rings is 1. The summed E-state index contributed by atoms with van der Waals surface area (Å²) in [4.78, 5) is 25.6. The van der Waals surface area contributed by atoms with Gasteiger partial charge in [0, 0.05) is 23.7 Å². The molecule has 1 aromatic rings. The van der Waals surface area contributed by atoms with Crippen molar-refractivity contribution in [3.8, 4) is 0 Å². The van der Waals surface area contributed by atoms with Gasteiger partial charge in [0.2, 0.25) is 5.91 Å². The molecule has 6 nitrogen and oxygen atoms in total. The minimum atomic E-state index is -0.844. The Hall–Kier alpha value is -2.11. The number of carbonyl (C=O) groups excluding carboxylic acids is 1. The summed E-state index contributed by atoms with van der Waals surface area (Å²) in [7, 11) is 0. The van der Waals surface area contributed by atoms with Crippen LogP contribution in [0.4, 0.5) is 5.82 Å². The summed E-state index contributed by atoms with van der Waals surface area (Å²) in [5, 5.41) is 11.7. The molecule has 4 N–H and O–H groups in total. The van der Waals surface area contributed by atoms with Crippen molar-refractivity contribution in [1.29, 1.82) is 0 Å². The largest absolute Gasteiger partial charge is 0.481 e. The predicted molar refractivity (Wildman–Crippen MR) is 67.3 cm³/mol. The van der Waals surface area contributed by atoms with Gasteiger partial charge in [0.05, 0.1) is 0 Å². The Labute approximate surface area is 105 Å². The van der Waals surface area contributed by atoms with Crippen LogP contribution in [0.5, 0.6) is 0 Å². The second kappa shape index (κ2) is 5.48. The van der Waals surface area contributed by atoms with Crippen molar-refractivity contribution >= 4 is 17.7 Å². The smallest absolute Gasteiger partial charge is 0.303 e. The van der Waals surface area contributed by atoms with Gasteiger partial charge in [-0.25, -0.2) is 4.98 Å². The average molecular weight is 251 g/mol. The van der Waals surface area contributed by atoms with Crippen molar-refractivity contribution in [3.05, 3.63) is 23.9 Å². The minimum Gasteiger partial charge on any atom is -0.481 e. The standard InChI is InChI=1S/C12H17N3O3/c1-12(2,5-3-10(16)17)15-9-7-8(11(13)18)4-6-14-9/h4,6-7H,3,5H2,1-2H3,(H2,13,18)(H,14,15)(H,16,17). The third-order valence-electron chi connectivity index (χ3n) is 2.47. The van der Waals surface area contributed by atoms with Gasteiger partial charge < -0.3 is 16.2 Å². The monoisotopic (exact) mass is 251 g/mol. The van der Waals surface area contributed by atoms with Crippen molar-refractivity contribution in [2.75, 3.05) is 5.32 Å². The molecule has 0 radical (unpaired) electrons. The molecule has 0 fully saturated rings. The maximum Gasteiger partial charge on any atom is 0.303 e. The number of amides is 1. The molecule has 0 saturated heterocycles. The molecule has 6 heteroatoms. The molecule has 0 atom stereocenters. The first kappa shape index (κ1) is 14.0. The van der Waals surface area contributed by atoms with E-state index in [1.165, 1.54) is 12.3 Å². The second-order valence-corrected chi connectivity index (χ2v) is 4.70. The molecular weight excluding hydrogens is 234 g/mol. The van der Waals surface area contributed by atoms with Gasteiger partial charge in [-0.05, 0) is 32.4 Å². The highest BCUT2D eigenvalue weighted by molar-refractivity contribution is 5.93. The third kappa shape index (κ3) is 4.40. The van der Waals surface area contributed by atoms with Gasteiger partial charge in [-0.15, -0.1) is 0 Å². The Bertz CT molecular complexity index is 458. The maximum atomic E-state index is 11.0. The molecule has 98 valence electrons. The molecule has 1 aromatic heterocycles. The first-order valence-corrected chi connectivity index (χ1v) is 5.56. The highest BCUT2D eigenvalue weighted by atomic mass is 16.4. The van der Waals surface area contributed by atoms with E-state index in [1.54, 1.807) is 6.07 Å². The van der Waals surface area contributed by atoms with E-state index in [0.717, 1.165) is 0 Å². The zero-order chi connectivity index (χ0) is 13.8. The lowest BCUT2D eigenvalue weighted by Gasteiger charge is -2.26. The zero-order valence-corrected chi connectivity index (χ0v) is 10.4. The van der Waals surface area contributed by atoms with Gasteiger partial charge in [0.25, 0.3) is 0 Å². The fraction of sp³-hybridized carbons (Fsp3) is 0.417. The van der Waals surface area contributed by atoms with Gasteiger partial charge in [0.1, 0.15) is 5.82 Å². The van der Waals surface area contributed by atoms with Gasteiger partial charge in [0.15, 0.2) is 0 Å². The lowest BCUT2D eigenvalue weighted by Crippen LogP contribution is -2.32. The summed E-state index contributed by atoms with van der Waals surface area (Å²) in [6, 6.07) is 3.07. The van der Waals surface area contributed by atoms with Gasteiger partial charge in [-0.2, -0.15) is 0 Å². The Kier molecular flexibility index (Phi) is 4.25. The van der Waals surface area contributed by atoms with Crippen LogP contribution >= 0.6 is 0 Å². The molecule has 1 heterocycles. The summed E-state index contributed by atoms with van der Waals surface area (Å²) >= 11 is 0. The number of nitrogens with one attached hydrogen (secondary N) is 1. The van der Waals surface area contributed by atoms with Gasteiger partial charge in [-0.3, -0.25) is 9.59 Å². The molecule has 1 rings (SSSR count). The van der Waals surface area contributed by atoms with Gasteiger partial charge >= 0.3 is 5.97 Å². The van der Waals surface area contributed by atoms with E-state index in [0.29, 0.717) is 17.8 Å². The Morgan fingerprint density at radius 1 is 1.50 bits per heavy atom. The quantitative estimate of drug-likeness (QED) is 0.705. The number of anilines is 1. The SMILES string of the molecule is CC(C)(CCC(=O)O)Nc1cc(C(N)=O)ccn1. The normalized spacial score (nSPS) is 11.0. The van der Waals surface area contributed by atoms with E-state index < -0.39 is 17.4 Å². The molecule has 0 aliphatic heterocycles. The van der Waals surface area contributed by atoms with Crippen LogP contribution in [0.3, 0.4) is 0 Å². The van der Waals surface area contributed by atoms with Crippen molar-refractivity contribution in [3.63, 3.8) is 0 Å². The van der Waals surface area contributed by atoms with Crippen LogP contribution in [-0.4, -0.2) is 27.5 Å². The molecular formula is C12H17N3O3. The van der Waals surface area contributed by atoms with Crippen LogP contribution in [-0.2, 0) is 4.79 Å². The lowest BCUT2D eigenvalue weighted by molar-refractivity contribution is -0.137. The summed E-state index contributed by atoms with van der Waals surface area (Å²) in [6.07, 6.45) is 2.00. The van der Waals surface area contributed by atoms with Crippen LogP contribution in [0.1, 0.15) is 37.0 Å². The Morgan fingerprint density at radius 2 is 2.17 bits per heavy atom. The van der Waals surface area contributed by atoms with Crippen molar-refractivity contribution in [2.24, 2.45) is 5.73 Å². The van der Waals surface area contributed by atoms with Crippen LogP contribution < -0.4 is 11.1 Å². The summed E-state index contributed by atoms with van der Waals surface area (Å²) in [5.74, 6) is -0.866. The first-order chi connectivity index (χ1) is 8.30. The number of hydrogen-bond acceptors (Lipinski definition) is 4. The topological polar surface area (TPSA) is 105 Å². The molecule has 0 saturated carbocycles.